The average Bonchev–Trinajstić information content (AvgIpc) is 3.55. The highest BCUT2D eigenvalue weighted by molar-refractivity contribution is 6.22. The lowest BCUT2D eigenvalue weighted by Gasteiger charge is -2.18. The molecule has 0 fully saturated rings. The monoisotopic (exact) mass is 652 g/mol. The van der Waals surface area contributed by atoms with Gasteiger partial charge >= 0.3 is 0 Å². The lowest BCUT2D eigenvalue weighted by atomic mass is 9.85. The largest absolute Gasteiger partial charge is 0.387 e. The Morgan fingerprint density at radius 1 is 0.471 bits per heavy atom. The van der Waals surface area contributed by atoms with Crippen LogP contribution in [0.25, 0.3) is 89.0 Å². The maximum Gasteiger partial charge on any atom is 0.0887 e. The number of nitrogens with zero attached hydrogens (tertiary/aromatic N) is 3. The van der Waals surface area contributed by atoms with E-state index < -0.39 is 0 Å². The predicted octanol–water partition coefficient (Wildman–Crippen LogP) is 11.5. The molecule has 10 rings (SSSR count). The Balaban J connectivity index is 1.06. The van der Waals surface area contributed by atoms with Crippen LogP contribution < -0.4 is 5.32 Å². The second-order valence-corrected chi connectivity index (χ2v) is 13.1. The van der Waals surface area contributed by atoms with Crippen molar-refractivity contribution < 1.29 is 0 Å². The number of fused-ring (bicyclic) bond motifs is 5. The molecule has 0 radical (unpaired) electrons. The second-order valence-electron chi connectivity index (χ2n) is 13.1. The summed E-state index contributed by atoms with van der Waals surface area (Å²) < 4.78 is 2.30. The molecule has 51 heavy (non-hydrogen) atoms. The SMILES string of the molecule is C1=Cc2c(c3ccccc3n2-c2ccc(-c3ccc(-c4ccc5c(-c6ccccc6)c6ccccc6c(-c6ccccc6)c5c4)cn3)nc2)CN1. The molecule has 3 aromatic heterocycles. The summed E-state index contributed by atoms with van der Waals surface area (Å²) in [6.07, 6.45) is 8.10. The van der Waals surface area contributed by atoms with Gasteiger partial charge in [-0.25, -0.2) is 0 Å². The molecule has 4 nitrogen and oxygen atoms in total. The summed E-state index contributed by atoms with van der Waals surface area (Å²) in [5.74, 6) is 0. The standard InChI is InChI=1S/C47H32N4/c1-3-11-31(12-4-1)46-37-16-7-8-17-38(37)47(32-13-5-2-6-14-32)40-27-33(19-22-39(40)46)34-20-23-42(49-28-34)43-24-21-35(29-50-43)51-44-18-10-9-15-36(44)41-30-48-26-25-45(41)51/h1-29,48H,30H2. The van der Waals surface area contributed by atoms with E-state index in [1.165, 1.54) is 66.0 Å². The van der Waals surface area contributed by atoms with Crippen molar-refractivity contribution in [3.05, 3.63) is 182 Å². The molecule has 9 aromatic rings. The zero-order chi connectivity index (χ0) is 33.7. The van der Waals surface area contributed by atoms with Crippen molar-refractivity contribution in [1.29, 1.82) is 0 Å². The van der Waals surface area contributed by atoms with Crippen LogP contribution in [0.15, 0.2) is 170 Å². The van der Waals surface area contributed by atoms with Crippen LogP contribution >= 0.6 is 0 Å². The lowest BCUT2D eigenvalue weighted by Crippen LogP contribution is -2.11. The molecule has 0 aliphatic carbocycles. The van der Waals surface area contributed by atoms with E-state index >= 15 is 0 Å². The summed E-state index contributed by atoms with van der Waals surface area (Å²) in [4.78, 5) is 9.82. The summed E-state index contributed by atoms with van der Waals surface area (Å²) in [5.41, 5.74) is 13.5. The van der Waals surface area contributed by atoms with E-state index in [1.54, 1.807) is 0 Å². The molecule has 1 aliphatic heterocycles. The normalized spacial score (nSPS) is 12.3. The Kier molecular flexibility index (Phi) is 6.85. The summed E-state index contributed by atoms with van der Waals surface area (Å²) in [6, 6.07) is 54.2. The molecule has 4 heterocycles. The molecule has 6 aromatic carbocycles. The summed E-state index contributed by atoms with van der Waals surface area (Å²) in [7, 11) is 0. The molecule has 4 heteroatoms. The number of hydrogen-bond acceptors (Lipinski definition) is 3. The first kappa shape index (κ1) is 29.2. The predicted molar refractivity (Wildman–Crippen MR) is 211 cm³/mol. The van der Waals surface area contributed by atoms with Crippen molar-refractivity contribution in [2.24, 2.45) is 0 Å². The maximum atomic E-state index is 4.92. The summed E-state index contributed by atoms with van der Waals surface area (Å²) in [5, 5.41) is 9.59. The van der Waals surface area contributed by atoms with E-state index in [-0.39, 0.29) is 0 Å². The number of benzene rings is 6. The van der Waals surface area contributed by atoms with Gasteiger partial charge in [-0.05, 0) is 92.0 Å². The molecule has 0 saturated carbocycles. The fourth-order valence-electron chi connectivity index (χ4n) is 7.84. The van der Waals surface area contributed by atoms with Crippen LogP contribution in [-0.2, 0) is 6.54 Å². The van der Waals surface area contributed by atoms with Gasteiger partial charge in [0, 0.05) is 29.3 Å². The van der Waals surface area contributed by atoms with E-state index in [4.69, 9.17) is 9.97 Å². The van der Waals surface area contributed by atoms with E-state index in [0.29, 0.717) is 0 Å². The Bertz CT molecular complexity index is 2760. The van der Waals surface area contributed by atoms with Gasteiger partial charge in [0.25, 0.3) is 0 Å². The number of rotatable bonds is 5. The van der Waals surface area contributed by atoms with Gasteiger partial charge in [-0.1, -0.05) is 121 Å². The molecule has 0 unspecified atom stereocenters. The van der Waals surface area contributed by atoms with Crippen LogP contribution in [0, 0.1) is 0 Å². The van der Waals surface area contributed by atoms with E-state index in [2.05, 4.69) is 168 Å². The first-order chi connectivity index (χ1) is 25.3. The highest BCUT2D eigenvalue weighted by Crippen LogP contribution is 2.44. The minimum absolute atomic E-state index is 0.816. The van der Waals surface area contributed by atoms with Gasteiger partial charge in [0.05, 0.1) is 34.5 Å². The lowest BCUT2D eigenvalue weighted by molar-refractivity contribution is 0.855. The Morgan fingerprint density at radius 3 is 1.73 bits per heavy atom. The van der Waals surface area contributed by atoms with E-state index in [0.717, 1.165) is 34.7 Å². The molecule has 1 aliphatic rings. The molecule has 0 saturated heterocycles. The van der Waals surface area contributed by atoms with Crippen molar-refractivity contribution in [3.63, 3.8) is 0 Å². The quantitative estimate of drug-likeness (QED) is 0.188. The fraction of sp³-hybridized carbons (Fsp3) is 0.0213. The van der Waals surface area contributed by atoms with E-state index in [1.807, 2.05) is 18.6 Å². The van der Waals surface area contributed by atoms with Gasteiger partial charge in [-0.3, -0.25) is 9.97 Å². The minimum Gasteiger partial charge on any atom is -0.387 e. The summed E-state index contributed by atoms with van der Waals surface area (Å²) >= 11 is 0. The number of para-hydroxylation sites is 1. The van der Waals surface area contributed by atoms with Gasteiger partial charge in [0.2, 0.25) is 0 Å². The molecule has 0 spiro atoms. The minimum atomic E-state index is 0.816. The topological polar surface area (TPSA) is 42.7 Å². The van der Waals surface area contributed by atoms with Gasteiger partial charge in [-0.15, -0.1) is 0 Å². The van der Waals surface area contributed by atoms with Crippen molar-refractivity contribution >= 4 is 38.5 Å². The van der Waals surface area contributed by atoms with E-state index in [9.17, 15) is 0 Å². The number of pyridine rings is 2. The van der Waals surface area contributed by atoms with Crippen molar-refractivity contribution in [3.8, 4) is 50.5 Å². The van der Waals surface area contributed by atoms with Gasteiger partial charge in [-0.2, -0.15) is 0 Å². The highest BCUT2D eigenvalue weighted by atomic mass is 15.0. The van der Waals surface area contributed by atoms with Crippen LogP contribution in [0.2, 0.25) is 0 Å². The zero-order valence-electron chi connectivity index (χ0n) is 27.8. The smallest absolute Gasteiger partial charge is 0.0887 e. The Labute approximate surface area is 296 Å². The zero-order valence-corrected chi connectivity index (χ0v) is 27.8. The number of nitrogens with one attached hydrogen (secondary N) is 1. The molecule has 240 valence electrons. The summed E-state index contributed by atoms with van der Waals surface area (Å²) in [6.45, 7) is 0.816. The van der Waals surface area contributed by atoms with Gasteiger partial charge in [0.15, 0.2) is 0 Å². The third kappa shape index (κ3) is 4.84. The molecule has 0 amide bonds. The van der Waals surface area contributed by atoms with Crippen LogP contribution in [-0.4, -0.2) is 14.5 Å². The number of hydrogen-bond donors (Lipinski definition) is 1. The van der Waals surface area contributed by atoms with Crippen LogP contribution in [0.3, 0.4) is 0 Å². The molecular formula is C47H32N4. The van der Waals surface area contributed by atoms with Crippen molar-refractivity contribution in [2.75, 3.05) is 0 Å². The molecular weight excluding hydrogens is 621 g/mol. The van der Waals surface area contributed by atoms with Crippen molar-refractivity contribution in [1.82, 2.24) is 19.9 Å². The third-order valence-corrected chi connectivity index (χ3v) is 10.2. The number of aromatic nitrogens is 3. The van der Waals surface area contributed by atoms with Crippen LogP contribution in [0.4, 0.5) is 0 Å². The van der Waals surface area contributed by atoms with Crippen LogP contribution in [0.1, 0.15) is 11.3 Å². The van der Waals surface area contributed by atoms with Crippen molar-refractivity contribution in [2.45, 2.75) is 6.54 Å². The van der Waals surface area contributed by atoms with Gasteiger partial charge < -0.3 is 9.88 Å². The van der Waals surface area contributed by atoms with Gasteiger partial charge in [0.1, 0.15) is 0 Å². The molecule has 1 N–H and O–H groups in total. The fourth-order valence-corrected chi connectivity index (χ4v) is 7.84. The first-order valence-electron chi connectivity index (χ1n) is 17.4. The molecule has 0 bridgehead atoms. The highest BCUT2D eigenvalue weighted by Gasteiger charge is 2.19. The Hall–Kier alpha value is -6.78. The van der Waals surface area contributed by atoms with Crippen LogP contribution in [0.5, 0.6) is 0 Å². The first-order valence-corrected chi connectivity index (χ1v) is 17.4. The Morgan fingerprint density at radius 2 is 1.06 bits per heavy atom. The molecule has 0 atom stereocenters. The average molecular weight is 653 g/mol. The third-order valence-electron chi connectivity index (χ3n) is 10.2. The second kappa shape index (κ2) is 12.0. The maximum absolute atomic E-state index is 4.92.